The zero-order chi connectivity index (χ0) is 27.8. The van der Waals surface area contributed by atoms with Crippen molar-refractivity contribution in [2.24, 2.45) is 0 Å². The maximum absolute atomic E-state index is 13.9. The topological polar surface area (TPSA) is 89.6 Å². The van der Waals surface area contributed by atoms with Crippen LogP contribution >= 0.6 is 0 Å². The summed E-state index contributed by atoms with van der Waals surface area (Å²) >= 11 is 0. The third kappa shape index (κ3) is 5.99. The highest BCUT2D eigenvalue weighted by molar-refractivity contribution is 6.02. The van der Waals surface area contributed by atoms with Crippen molar-refractivity contribution in [1.29, 1.82) is 0 Å². The van der Waals surface area contributed by atoms with Gasteiger partial charge in [-0.15, -0.1) is 0 Å². The maximum Gasteiger partial charge on any atom is 0.254 e. The predicted octanol–water partition coefficient (Wildman–Crippen LogP) is 3.87. The van der Waals surface area contributed by atoms with E-state index in [0.29, 0.717) is 40.7 Å². The molecule has 0 unspecified atom stereocenters. The summed E-state index contributed by atoms with van der Waals surface area (Å²) in [4.78, 5) is 31.5. The van der Waals surface area contributed by atoms with Crippen molar-refractivity contribution < 1.29 is 28.5 Å². The number of methoxy groups -OCH3 is 4. The zero-order valence-electron chi connectivity index (χ0n) is 23.6. The number of rotatable bonds is 13. The van der Waals surface area contributed by atoms with Gasteiger partial charge in [0.2, 0.25) is 5.91 Å². The lowest BCUT2D eigenvalue weighted by atomic mass is 9.79. The predicted molar refractivity (Wildman–Crippen MR) is 147 cm³/mol. The molecular formula is C29H41N3O6. The molecule has 2 aromatic rings. The number of hydrogen-bond acceptors (Lipinski definition) is 7. The summed E-state index contributed by atoms with van der Waals surface area (Å²) in [6.07, 6.45) is 2.11. The molecule has 3 rings (SSSR count). The van der Waals surface area contributed by atoms with Gasteiger partial charge in [0.05, 0.1) is 40.4 Å². The molecule has 9 nitrogen and oxygen atoms in total. The first-order chi connectivity index (χ1) is 18.3. The second-order valence-corrected chi connectivity index (χ2v) is 9.38. The summed E-state index contributed by atoms with van der Waals surface area (Å²) in [5, 5.41) is 3.15. The standard InChI is InChI=1S/C29H41N3O6/c1-8-13-32(14-9-2)15-12-30-28(33)26-20-17-24(37-6)25(38-7)18-21(20)29(34)31(3)27(26)19-10-11-22(35-4)23(16-19)36-5/h10-11,16-18,26-27H,8-9,12-15H2,1-7H3,(H,30,33)/t26-,27+/m1/s1. The lowest BCUT2D eigenvalue weighted by Gasteiger charge is -2.40. The van der Waals surface area contributed by atoms with Gasteiger partial charge in [0.1, 0.15) is 0 Å². The fourth-order valence-corrected chi connectivity index (χ4v) is 5.20. The highest BCUT2D eigenvalue weighted by Crippen LogP contribution is 2.46. The number of ether oxygens (including phenoxy) is 4. The van der Waals surface area contributed by atoms with Gasteiger partial charge in [-0.05, 0) is 61.3 Å². The molecule has 0 bridgehead atoms. The Kier molecular flexibility index (Phi) is 10.2. The molecule has 208 valence electrons. The van der Waals surface area contributed by atoms with Crippen LogP contribution in [-0.2, 0) is 4.79 Å². The molecule has 0 saturated carbocycles. The highest BCUT2D eigenvalue weighted by Gasteiger charge is 2.43. The van der Waals surface area contributed by atoms with E-state index >= 15 is 0 Å². The van der Waals surface area contributed by atoms with Crippen LogP contribution in [0, 0.1) is 0 Å². The Morgan fingerprint density at radius 1 is 0.868 bits per heavy atom. The van der Waals surface area contributed by atoms with E-state index in [2.05, 4.69) is 24.1 Å². The van der Waals surface area contributed by atoms with Crippen LogP contribution in [0.3, 0.4) is 0 Å². The highest BCUT2D eigenvalue weighted by atomic mass is 16.5. The molecule has 1 heterocycles. The van der Waals surface area contributed by atoms with Gasteiger partial charge in [0.25, 0.3) is 5.91 Å². The van der Waals surface area contributed by atoms with Gasteiger partial charge in [-0.2, -0.15) is 0 Å². The van der Waals surface area contributed by atoms with Gasteiger partial charge in [-0.25, -0.2) is 0 Å². The molecule has 2 amide bonds. The van der Waals surface area contributed by atoms with E-state index in [-0.39, 0.29) is 11.8 Å². The largest absolute Gasteiger partial charge is 0.493 e. The molecule has 9 heteroatoms. The van der Waals surface area contributed by atoms with E-state index in [1.54, 1.807) is 44.4 Å². The molecule has 0 aliphatic carbocycles. The molecule has 1 N–H and O–H groups in total. The Bertz CT molecular complexity index is 1120. The second kappa shape index (κ2) is 13.4. The van der Waals surface area contributed by atoms with Crippen LogP contribution in [-0.4, -0.2) is 83.3 Å². The van der Waals surface area contributed by atoms with Crippen LogP contribution in [0.5, 0.6) is 23.0 Å². The van der Waals surface area contributed by atoms with E-state index < -0.39 is 12.0 Å². The minimum atomic E-state index is -0.684. The Balaban J connectivity index is 2.07. The Morgan fingerprint density at radius 3 is 2.03 bits per heavy atom. The summed E-state index contributed by atoms with van der Waals surface area (Å²) < 4.78 is 21.9. The molecule has 1 aliphatic heterocycles. The molecule has 0 radical (unpaired) electrons. The number of nitrogens with one attached hydrogen (secondary N) is 1. The fourth-order valence-electron chi connectivity index (χ4n) is 5.20. The molecular weight excluding hydrogens is 486 g/mol. The van der Waals surface area contributed by atoms with E-state index in [1.165, 1.54) is 14.2 Å². The molecule has 0 spiro atoms. The van der Waals surface area contributed by atoms with Gasteiger partial charge in [-0.3, -0.25) is 9.59 Å². The van der Waals surface area contributed by atoms with Crippen molar-refractivity contribution in [3.8, 4) is 23.0 Å². The molecule has 2 aromatic carbocycles. The van der Waals surface area contributed by atoms with Crippen molar-refractivity contribution in [3.63, 3.8) is 0 Å². The smallest absolute Gasteiger partial charge is 0.254 e. The summed E-state index contributed by atoms with van der Waals surface area (Å²) in [6.45, 7) is 7.55. The minimum Gasteiger partial charge on any atom is -0.493 e. The summed E-state index contributed by atoms with van der Waals surface area (Å²) in [6, 6.07) is 8.31. The third-order valence-corrected chi connectivity index (χ3v) is 7.01. The number of likely N-dealkylation sites (N-methyl/N-ethyl adjacent to an activating group) is 1. The van der Waals surface area contributed by atoms with Gasteiger partial charge in [0, 0.05) is 25.7 Å². The van der Waals surface area contributed by atoms with Crippen LogP contribution in [0.2, 0.25) is 0 Å². The number of carbonyl (C=O) groups excluding carboxylic acids is 2. The number of carbonyl (C=O) groups is 2. The SMILES string of the molecule is CCCN(CCC)CCNC(=O)[C@@H]1c2cc(OC)c(OC)cc2C(=O)N(C)[C@H]1c1ccc(OC)c(OC)c1. The number of benzene rings is 2. The fraction of sp³-hybridized carbons (Fsp3) is 0.517. The maximum atomic E-state index is 13.9. The van der Waals surface area contributed by atoms with Gasteiger partial charge < -0.3 is 34.1 Å². The first kappa shape index (κ1) is 29.1. The number of hydrogen-bond donors (Lipinski definition) is 1. The van der Waals surface area contributed by atoms with Crippen molar-refractivity contribution in [2.75, 3.05) is 61.7 Å². The van der Waals surface area contributed by atoms with Crippen molar-refractivity contribution in [2.45, 2.75) is 38.6 Å². The Morgan fingerprint density at radius 2 is 1.45 bits per heavy atom. The second-order valence-electron chi connectivity index (χ2n) is 9.38. The first-order valence-electron chi connectivity index (χ1n) is 13.1. The summed E-state index contributed by atoms with van der Waals surface area (Å²) in [7, 11) is 7.91. The average molecular weight is 528 g/mol. The van der Waals surface area contributed by atoms with E-state index in [1.807, 2.05) is 12.1 Å². The molecule has 0 aromatic heterocycles. The molecule has 1 aliphatic rings. The Hall–Kier alpha value is -3.46. The van der Waals surface area contributed by atoms with Crippen LogP contribution < -0.4 is 24.3 Å². The van der Waals surface area contributed by atoms with Crippen LogP contribution in [0.4, 0.5) is 0 Å². The number of amides is 2. The van der Waals surface area contributed by atoms with Crippen molar-refractivity contribution in [3.05, 3.63) is 47.0 Å². The van der Waals surface area contributed by atoms with Crippen LogP contribution in [0.1, 0.15) is 60.1 Å². The lowest BCUT2D eigenvalue weighted by molar-refractivity contribution is -0.124. The van der Waals surface area contributed by atoms with E-state index in [4.69, 9.17) is 18.9 Å². The monoisotopic (exact) mass is 527 g/mol. The third-order valence-electron chi connectivity index (χ3n) is 7.01. The molecule has 2 atom stereocenters. The quantitative estimate of drug-likeness (QED) is 0.423. The van der Waals surface area contributed by atoms with Crippen LogP contribution in [0.25, 0.3) is 0 Å². The van der Waals surface area contributed by atoms with Gasteiger partial charge >= 0.3 is 0 Å². The minimum absolute atomic E-state index is 0.162. The normalized spacial score (nSPS) is 16.7. The Labute approximate surface area is 226 Å². The van der Waals surface area contributed by atoms with Gasteiger partial charge in [0.15, 0.2) is 23.0 Å². The van der Waals surface area contributed by atoms with E-state index in [0.717, 1.165) is 38.0 Å². The molecule has 0 fully saturated rings. The lowest BCUT2D eigenvalue weighted by Crippen LogP contribution is -2.46. The first-order valence-corrected chi connectivity index (χ1v) is 13.1. The summed E-state index contributed by atoms with van der Waals surface area (Å²) in [5.74, 6) is 0.943. The summed E-state index contributed by atoms with van der Waals surface area (Å²) in [5.41, 5.74) is 1.78. The van der Waals surface area contributed by atoms with Gasteiger partial charge in [-0.1, -0.05) is 19.9 Å². The van der Waals surface area contributed by atoms with Crippen molar-refractivity contribution >= 4 is 11.8 Å². The molecule has 0 saturated heterocycles. The zero-order valence-corrected chi connectivity index (χ0v) is 23.6. The van der Waals surface area contributed by atoms with E-state index in [9.17, 15) is 9.59 Å². The van der Waals surface area contributed by atoms with Crippen LogP contribution in [0.15, 0.2) is 30.3 Å². The average Bonchev–Trinajstić information content (AvgIpc) is 2.93. The number of fused-ring (bicyclic) bond motifs is 1. The molecule has 38 heavy (non-hydrogen) atoms. The van der Waals surface area contributed by atoms with Crippen molar-refractivity contribution in [1.82, 2.24) is 15.1 Å². The number of nitrogens with zero attached hydrogens (tertiary/aromatic N) is 2.